The minimum Gasteiger partial charge on any atom is -0.488 e. The summed E-state index contributed by atoms with van der Waals surface area (Å²) in [5.41, 5.74) is 0.0699. The predicted octanol–water partition coefficient (Wildman–Crippen LogP) is 3.63. The van der Waals surface area contributed by atoms with Crippen LogP contribution in [-0.4, -0.2) is 23.2 Å². The van der Waals surface area contributed by atoms with Crippen LogP contribution in [0.3, 0.4) is 0 Å². The summed E-state index contributed by atoms with van der Waals surface area (Å²) in [6.07, 6.45) is -4.57. The van der Waals surface area contributed by atoms with Gasteiger partial charge in [0.2, 0.25) is 0 Å². The van der Waals surface area contributed by atoms with Gasteiger partial charge in [0.1, 0.15) is 23.7 Å². The number of rotatable bonds is 3. The smallest absolute Gasteiger partial charge is 0.280 e. The normalized spacial score (nSPS) is 24.6. The summed E-state index contributed by atoms with van der Waals surface area (Å²) in [6, 6.07) is 0. The van der Waals surface area contributed by atoms with Gasteiger partial charge >= 0.3 is 0 Å². The molecule has 1 heterocycles. The van der Waals surface area contributed by atoms with Gasteiger partial charge in [-0.2, -0.15) is 0 Å². The van der Waals surface area contributed by atoms with E-state index in [1.54, 1.807) is 0 Å². The average molecular weight is 293 g/mol. The van der Waals surface area contributed by atoms with Gasteiger partial charge in [-0.15, -0.1) is 0 Å². The Labute approximate surface area is 112 Å². The monoisotopic (exact) mass is 293 g/mol. The van der Waals surface area contributed by atoms with Crippen molar-refractivity contribution in [3.05, 3.63) is 23.0 Å². The van der Waals surface area contributed by atoms with Crippen LogP contribution in [-0.2, 0) is 12.8 Å². The van der Waals surface area contributed by atoms with Crippen LogP contribution in [0.2, 0.25) is 0 Å². The topological polar surface area (TPSA) is 22.1 Å². The number of fused-ring (bicyclic) bond motifs is 1. The van der Waals surface area contributed by atoms with E-state index in [0.717, 1.165) is 6.20 Å². The highest BCUT2D eigenvalue weighted by atomic mass is 19.3. The molecular weight excluding hydrogens is 281 g/mol. The summed E-state index contributed by atoms with van der Waals surface area (Å²) in [7, 11) is 0. The van der Waals surface area contributed by atoms with Crippen molar-refractivity contribution >= 4 is 0 Å². The highest BCUT2D eigenvalue weighted by Gasteiger charge is 2.47. The highest BCUT2D eigenvalue weighted by molar-refractivity contribution is 5.45. The fourth-order valence-corrected chi connectivity index (χ4v) is 2.71. The number of ether oxygens (including phenoxy) is 1. The molecule has 0 aliphatic heterocycles. The van der Waals surface area contributed by atoms with Crippen molar-refractivity contribution in [3.8, 4) is 5.75 Å². The number of hydrogen-bond acceptors (Lipinski definition) is 2. The van der Waals surface area contributed by atoms with Gasteiger partial charge in [-0.05, 0) is 5.56 Å². The Kier molecular flexibility index (Phi) is 3.10. The zero-order valence-electron chi connectivity index (χ0n) is 10.4. The lowest BCUT2D eigenvalue weighted by molar-refractivity contribution is -0.134. The van der Waals surface area contributed by atoms with E-state index in [2.05, 4.69) is 4.98 Å². The van der Waals surface area contributed by atoms with Gasteiger partial charge < -0.3 is 4.74 Å². The van der Waals surface area contributed by atoms with Crippen LogP contribution in [0, 0.1) is 0 Å². The first-order valence-electron chi connectivity index (χ1n) is 6.33. The molecule has 0 amide bonds. The van der Waals surface area contributed by atoms with Crippen molar-refractivity contribution in [1.82, 2.24) is 4.98 Å². The molecule has 0 bridgehead atoms. The zero-order valence-corrected chi connectivity index (χ0v) is 10.4. The average Bonchev–Trinajstić information content (AvgIpc) is 2.68. The van der Waals surface area contributed by atoms with Crippen LogP contribution in [0.15, 0.2) is 6.20 Å². The second kappa shape index (κ2) is 4.56. The largest absolute Gasteiger partial charge is 0.488 e. The molecule has 1 atom stereocenters. The molecule has 110 valence electrons. The molecule has 0 unspecified atom stereocenters. The van der Waals surface area contributed by atoms with Crippen LogP contribution in [0.25, 0.3) is 0 Å². The minimum atomic E-state index is -2.78. The molecule has 0 radical (unpaired) electrons. The van der Waals surface area contributed by atoms with E-state index < -0.39 is 43.2 Å². The molecule has 7 heteroatoms. The summed E-state index contributed by atoms with van der Waals surface area (Å²) >= 11 is 0. The number of pyridine rings is 1. The Hall–Kier alpha value is -1.40. The van der Waals surface area contributed by atoms with Gasteiger partial charge in [-0.25, -0.2) is 22.0 Å². The molecule has 1 aromatic rings. The van der Waals surface area contributed by atoms with Crippen LogP contribution >= 0.6 is 0 Å². The highest BCUT2D eigenvalue weighted by Crippen LogP contribution is 2.42. The third-order valence-corrected chi connectivity index (χ3v) is 3.70. The molecule has 3 rings (SSSR count). The van der Waals surface area contributed by atoms with E-state index in [0.29, 0.717) is 5.56 Å². The van der Waals surface area contributed by atoms with Crippen LogP contribution in [0.5, 0.6) is 5.75 Å². The first kappa shape index (κ1) is 13.6. The van der Waals surface area contributed by atoms with Gasteiger partial charge in [0.15, 0.2) is 0 Å². The third-order valence-electron chi connectivity index (χ3n) is 3.70. The second-order valence-electron chi connectivity index (χ2n) is 5.28. The molecule has 0 N–H and O–H groups in total. The fraction of sp³-hybridized carbons (Fsp3) is 0.615. The molecule has 1 saturated carbocycles. The molecule has 2 aliphatic carbocycles. The summed E-state index contributed by atoms with van der Waals surface area (Å²) in [5, 5.41) is 0. The fourth-order valence-electron chi connectivity index (χ4n) is 2.71. The van der Waals surface area contributed by atoms with Crippen molar-refractivity contribution in [1.29, 1.82) is 0 Å². The Morgan fingerprint density at radius 2 is 1.85 bits per heavy atom. The van der Waals surface area contributed by atoms with E-state index in [-0.39, 0.29) is 24.2 Å². The summed E-state index contributed by atoms with van der Waals surface area (Å²) < 4.78 is 69.9. The van der Waals surface area contributed by atoms with Gasteiger partial charge in [0, 0.05) is 31.2 Å². The summed E-state index contributed by atoms with van der Waals surface area (Å²) in [6.45, 7) is 0. The molecule has 0 saturated heterocycles. The molecule has 20 heavy (non-hydrogen) atoms. The Balaban J connectivity index is 1.85. The van der Waals surface area contributed by atoms with Gasteiger partial charge in [0.25, 0.3) is 12.3 Å². The van der Waals surface area contributed by atoms with E-state index in [1.165, 1.54) is 0 Å². The van der Waals surface area contributed by atoms with Crippen LogP contribution < -0.4 is 4.74 Å². The second-order valence-corrected chi connectivity index (χ2v) is 5.28. The molecule has 2 nitrogen and oxygen atoms in total. The lowest BCUT2D eigenvalue weighted by atomic mass is 9.91. The first-order chi connectivity index (χ1) is 9.35. The lowest BCUT2D eigenvalue weighted by Crippen LogP contribution is -2.43. The van der Waals surface area contributed by atoms with Crippen molar-refractivity contribution in [2.75, 3.05) is 0 Å². The number of alkyl halides is 5. The quantitative estimate of drug-likeness (QED) is 0.794. The molecule has 1 fully saturated rings. The van der Waals surface area contributed by atoms with E-state index in [9.17, 15) is 22.0 Å². The van der Waals surface area contributed by atoms with Gasteiger partial charge in [-0.3, -0.25) is 4.98 Å². The van der Waals surface area contributed by atoms with E-state index in [1.807, 2.05) is 0 Å². The van der Waals surface area contributed by atoms with E-state index in [4.69, 9.17) is 4.74 Å². The maximum absolute atomic E-state index is 13.4. The summed E-state index contributed by atoms with van der Waals surface area (Å²) in [4.78, 5) is 3.60. The third kappa shape index (κ3) is 2.33. The standard InChI is InChI=1S/C13H12F5NO/c14-6-1-8-9(2-6)11(12(15)16)19-5-10(8)20-7-3-13(17,18)4-7/h5-7,12H,1-4H2/t6-/m0/s1. The number of hydrogen-bond donors (Lipinski definition) is 0. The lowest BCUT2D eigenvalue weighted by Gasteiger charge is -2.35. The Morgan fingerprint density at radius 1 is 1.20 bits per heavy atom. The number of aromatic nitrogens is 1. The maximum atomic E-state index is 13.4. The van der Waals surface area contributed by atoms with Gasteiger partial charge in [0.05, 0.1) is 6.20 Å². The number of nitrogens with zero attached hydrogens (tertiary/aromatic N) is 1. The van der Waals surface area contributed by atoms with Crippen LogP contribution in [0.1, 0.15) is 36.1 Å². The Bertz CT molecular complexity index is 526. The van der Waals surface area contributed by atoms with E-state index >= 15 is 0 Å². The maximum Gasteiger partial charge on any atom is 0.280 e. The SMILES string of the molecule is FC(F)c1ncc(OC2CC(F)(F)C2)c2c1C[C@@H](F)C2. The zero-order chi connectivity index (χ0) is 14.5. The van der Waals surface area contributed by atoms with Crippen molar-refractivity contribution < 1.29 is 26.7 Å². The summed E-state index contributed by atoms with van der Waals surface area (Å²) in [5.74, 6) is -2.57. The Morgan fingerprint density at radius 3 is 2.45 bits per heavy atom. The predicted molar refractivity (Wildman–Crippen MR) is 60.1 cm³/mol. The minimum absolute atomic E-state index is 0.0317. The molecule has 0 spiro atoms. The van der Waals surface area contributed by atoms with Crippen molar-refractivity contribution in [3.63, 3.8) is 0 Å². The number of halogens is 5. The van der Waals surface area contributed by atoms with Crippen molar-refractivity contribution in [2.24, 2.45) is 0 Å². The molecule has 2 aliphatic rings. The van der Waals surface area contributed by atoms with Gasteiger partial charge in [-0.1, -0.05) is 0 Å². The van der Waals surface area contributed by atoms with Crippen molar-refractivity contribution in [2.45, 2.75) is 50.3 Å². The van der Waals surface area contributed by atoms with Crippen LogP contribution in [0.4, 0.5) is 22.0 Å². The molecule has 0 aromatic carbocycles. The molecule has 1 aromatic heterocycles. The molecular formula is C13H12F5NO. The first-order valence-corrected chi connectivity index (χ1v) is 6.33.